The zero-order valence-corrected chi connectivity index (χ0v) is 15.9. The molecule has 0 aliphatic heterocycles. The highest BCUT2D eigenvalue weighted by molar-refractivity contribution is 5.81. The van der Waals surface area contributed by atoms with Crippen LogP contribution in [0.4, 0.5) is 0 Å². The van der Waals surface area contributed by atoms with Crippen molar-refractivity contribution in [3.05, 3.63) is 48.4 Å². The van der Waals surface area contributed by atoms with Crippen LogP contribution in [-0.2, 0) is 14.3 Å². The van der Waals surface area contributed by atoms with E-state index in [2.05, 4.69) is 16.7 Å². The second kappa shape index (κ2) is 12.8. The monoisotopic (exact) mass is 360 g/mol. The number of nitrogens with zero attached hydrogens (tertiary/aromatic N) is 2. The summed E-state index contributed by atoms with van der Waals surface area (Å²) in [7, 11) is 1.70. The minimum atomic E-state index is -0.336. The van der Waals surface area contributed by atoms with Crippen LogP contribution in [0.3, 0.4) is 0 Å². The Kier molecular flexibility index (Phi) is 10.6. The van der Waals surface area contributed by atoms with E-state index < -0.39 is 0 Å². The molecule has 1 heterocycles. The lowest BCUT2D eigenvalue weighted by atomic mass is 10.1. The summed E-state index contributed by atoms with van der Waals surface area (Å²) >= 11 is 0. The molecule has 0 fully saturated rings. The van der Waals surface area contributed by atoms with E-state index in [1.54, 1.807) is 14.0 Å². The number of rotatable bonds is 9. The standard InChI is InChI=1S/C10H10N2O.C10H18O3/c1-7-3-5-9(6-4-7)10-11-8(2)13-12-10;1-3-10(11)13-9-7-5-4-6-8-12-2/h3-6H,1-2H3;3H,1,4-9H2,2H3. The number of methoxy groups -OCH3 is 1. The largest absolute Gasteiger partial charge is 0.463 e. The Balaban J connectivity index is 0.000000260. The molecule has 6 nitrogen and oxygen atoms in total. The van der Waals surface area contributed by atoms with E-state index in [0.29, 0.717) is 18.3 Å². The summed E-state index contributed by atoms with van der Waals surface area (Å²) in [5.74, 6) is 0.907. The molecule has 0 N–H and O–H groups in total. The van der Waals surface area contributed by atoms with Crippen molar-refractivity contribution in [3.63, 3.8) is 0 Å². The van der Waals surface area contributed by atoms with Crippen molar-refractivity contribution >= 4 is 5.97 Å². The molecule has 1 aromatic heterocycles. The first-order chi connectivity index (χ1) is 12.6. The number of hydrogen-bond acceptors (Lipinski definition) is 6. The maximum Gasteiger partial charge on any atom is 0.330 e. The smallest absolute Gasteiger partial charge is 0.330 e. The molecule has 0 atom stereocenters. The Morgan fingerprint density at radius 2 is 1.77 bits per heavy atom. The Morgan fingerprint density at radius 1 is 1.12 bits per heavy atom. The van der Waals surface area contributed by atoms with Crippen molar-refractivity contribution in [2.24, 2.45) is 0 Å². The highest BCUT2D eigenvalue weighted by Gasteiger charge is 2.03. The molecular weight excluding hydrogens is 332 g/mol. The van der Waals surface area contributed by atoms with Gasteiger partial charge in [-0.15, -0.1) is 0 Å². The zero-order valence-electron chi connectivity index (χ0n) is 15.9. The maximum absolute atomic E-state index is 10.6. The Morgan fingerprint density at radius 3 is 2.31 bits per heavy atom. The fourth-order valence-corrected chi connectivity index (χ4v) is 2.05. The van der Waals surface area contributed by atoms with Gasteiger partial charge in [-0.2, -0.15) is 4.98 Å². The first-order valence-corrected chi connectivity index (χ1v) is 8.72. The van der Waals surface area contributed by atoms with Gasteiger partial charge in [-0.25, -0.2) is 4.79 Å². The second-order valence-corrected chi connectivity index (χ2v) is 5.78. The molecule has 0 aliphatic carbocycles. The number of esters is 1. The molecule has 2 aromatic rings. The van der Waals surface area contributed by atoms with Gasteiger partial charge >= 0.3 is 5.97 Å². The third-order valence-corrected chi connectivity index (χ3v) is 3.49. The van der Waals surface area contributed by atoms with Crippen molar-refractivity contribution in [1.82, 2.24) is 10.1 Å². The number of hydrogen-bond donors (Lipinski definition) is 0. The number of carbonyl (C=O) groups excluding carboxylic acids is 1. The molecular formula is C20H28N2O4. The van der Waals surface area contributed by atoms with Crippen LogP contribution in [0.2, 0.25) is 0 Å². The van der Waals surface area contributed by atoms with Crippen molar-refractivity contribution in [2.45, 2.75) is 39.5 Å². The lowest BCUT2D eigenvalue weighted by molar-refractivity contribution is -0.137. The first kappa shape index (κ1) is 21.6. The molecule has 0 bridgehead atoms. The van der Waals surface area contributed by atoms with Crippen LogP contribution in [0.1, 0.15) is 37.1 Å². The van der Waals surface area contributed by atoms with Crippen LogP contribution in [0.15, 0.2) is 41.4 Å². The second-order valence-electron chi connectivity index (χ2n) is 5.78. The van der Waals surface area contributed by atoms with E-state index >= 15 is 0 Å². The predicted octanol–water partition coefficient (Wildman–Crippen LogP) is 4.28. The summed E-state index contributed by atoms with van der Waals surface area (Å²) in [4.78, 5) is 14.7. The quantitative estimate of drug-likeness (QED) is 0.377. The van der Waals surface area contributed by atoms with Crippen LogP contribution in [0.5, 0.6) is 0 Å². The SMILES string of the molecule is C=CC(=O)OCCCCCCOC.Cc1ccc(-c2noc(C)n2)cc1. The molecule has 0 unspecified atom stereocenters. The summed E-state index contributed by atoms with van der Waals surface area (Å²) < 4.78 is 14.6. The fraction of sp³-hybridized carbons (Fsp3) is 0.450. The van der Waals surface area contributed by atoms with E-state index in [9.17, 15) is 4.79 Å². The van der Waals surface area contributed by atoms with Crippen LogP contribution in [-0.4, -0.2) is 36.4 Å². The Bertz CT molecular complexity index is 650. The van der Waals surface area contributed by atoms with Gasteiger partial charge in [0.25, 0.3) is 0 Å². The highest BCUT2D eigenvalue weighted by atomic mass is 16.5. The van der Waals surface area contributed by atoms with Crippen molar-refractivity contribution in [1.29, 1.82) is 0 Å². The molecule has 0 radical (unpaired) electrons. The molecule has 0 saturated heterocycles. The van der Waals surface area contributed by atoms with Crippen LogP contribution in [0.25, 0.3) is 11.4 Å². The van der Waals surface area contributed by atoms with Gasteiger partial charge in [-0.1, -0.05) is 48.0 Å². The maximum atomic E-state index is 10.6. The summed E-state index contributed by atoms with van der Waals surface area (Å²) in [6, 6.07) is 8.03. The fourth-order valence-electron chi connectivity index (χ4n) is 2.05. The number of aryl methyl sites for hydroxylation is 2. The topological polar surface area (TPSA) is 74.5 Å². The first-order valence-electron chi connectivity index (χ1n) is 8.72. The van der Waals surface area contributed by atoms with Crippen LogP contribution in [0, 0.1) is 13.8 Å². The average Bonchev–Trinajstić information content (AvgIpc) is 3.08. The van der Waals surface area contributed by atoms with E-state index in [1.807, 2.05) is 31.2 Å². The van der Waals surface area contributed by atoms with Gasteiger partial charge in [0.05, 0.1) is 6.61 Å². The van der Waals surface area contributed by atoms with Crippen molar-refractivity contribution in [2.75, 3.05) is 20.3 Å². The predicted molar refractivity (Wildman–Crippen MR) is 101 cm³/mol. The Labute approximate surface area is 155 Å². The summed E-state index contributed by atoms with van der Waals surface area (Å²) in [6.45, 7) is 8.45. The average molecular weight is 360 g/mol. The Hall–Kier alpha value is -2.47. The minimum Gasteiger partial charge on any atom is -0.463 e. The lowest BCUT2D eigenvalue weighted by Crippen LogP contribution is -2.01. The number of aromatic nitrogens is 2. The van der Waals surface area contributed by atoms with Crippen LogP contribution < -0.4 is 0 Å². The number of benzene rings is 1. The van der Waals surface area contributed by atoms with Gasteiger partial charge in [0, 0.05) is 32.3 Å². The minimum absolute atomic E-state index is 0.336. The molecule has 0 saturated carbocycles. The van der Waals surface area contributed by atoms with E-state index in [4.69, 9.17) is 14.0 Å². The van der Waals surface area contributed by atoms with E-state index in [1.165, 1.54) is 11.6 Å². The molecule has 1 aromatic carbocycles. The van der Waals surface area contributed by atoms with Gasteiger partial charge in [-0.05, 0) is 26.2 Å². The van der Waals surface area contributed by atoms with Crippen LogP contribution >= 0.6 is 0 Å². The molecule has 0 amide bonds. The lowest BCUT2D eigenvalue weighted by Gasteiger charge is -2.01. The number of unbranched alkanes of at least 4 members (excludes halogenated alkanes) is 3. The van der Waals surface area contributed by atoms with Crippen molar-refractivity contribution < 1.29 is 18.8 Å². The number of ether oxygens (including phenoxy) is 2. The molecule has 0 spiro atoms. The number of carbonyl (C=O) groups is 1. The highest BCUT2D eigenvalue weighted by Crippen LogP contribution is 2.15. The third-order valence-electron chi connectivity index (χ3n) is 3.49. The molecule has 0 aliphatic rings. The van der Waals surface area contributed by atoms with Gasteiger partial charge in [0.1, 0.15) is 0 Å². The molecule has 2 rings (SSSR count). The van der Waals surface area contributed by atoms with Gasteiger partial charge < -0.3 is 14.0 Å². The molecule has 6 heteroatoms. The van der Waals surface area contributed by atoms with Gasteiger partial charge in [0.15, 0.2) is 0 Å². The summed E-state index contributed by atoms with van der Waals surface area (Å²) in [5, 5.41) is 3.83. The summed E-state index contributed by atoms with van der Waals surface area (Å²) in [5.41, 5.74) is 2.21. The van der Waals surface area contributed by atoms with E-state index in [0.717, 1.165) is 37.9 Å². The molecule has 26 heavy (non-hydrogen) atoms. The zero-order chi connectivity index (χ0) is 19.2. The third kappa shape index (κ3) is 9.13. The molecule has 142 valence electrons. The van der Waals surface area contributed by atoms with Gasteiger partial charge in [-0.3, -0.25) is 0 Å². The van der Waals surface area contributed by atoms with E-state index in [-0.39, 0.29) is 5.97 Å². The summed E-state index contributed by atoms with van der Waals surface area (Å²) in [6.07, 6.45) is 5.38. The van der Waals surface area contributed by atoms with Crippen molar-refractivity contribution in [3.8, 4) is 11.4 Å². The normalized spacial score (nSPS) is 9.96. The van der Waals surface area contributed by atoms with Gasteiger partial charge in [0.2, 0.25) is 11.7 Å².